The Morgan fingerprint density at radius 1 is 1.25 bits per heavy atom. The third-order valence-corrected chi connectivity index (χ3v) is 2.87. The molecule has 0 bridgehead atoms. The molecule has 3 heteroatoms. The summed E-state index contributed by atoms with van der Waals surface area (Å²) in [6.45, 7) is 2.03. The number of alkyl halides is 2. The molecule has 0 aliphatic carbocycles. The van der Waals surface area contributed by atoms with Gasteiger partial charge in [0.15, 0.2) is 0 Å². The molecular formula is C9H10Br2O. The first-order valence-corrected chi connectivity index (χ1v) is 5.34. The van der Waals surface area contributed by atoms with Gasteiger partial charge in [-0.1, -0.05) is 25.1 Å². The van der Waals surface area contributed by atoms with Gasteiger partial charge in [-0.2, -0.15) is 0 Å². The molecule has 0 aliphatic heterocycles. The van der Waals surface area contributed by atoms with Crippen LogP contribution in [-0.2, 0) is 0 Å². The molecule has 0 amide bonds. The summed E-state index contributed by atoms with van der Waals surface area (Å²) in [4.78, 5) is 0. The van der Waals surface area contributed by atoms with Gasteiger partial charge >= 0.3 is 0 Å². The molecule has 1 rings (SSSR count). The SMILES string of the molecule is CCC(Br)(Br)Oc1ccccc1. The van der Waals surface area contributed by atoms with E-state index in [4.69, 9.17) is 4.74 Å². The van der Waals surface area contributed by atoms with E-state index in [0.29, 0.717) is 0 Å². The lowest BCUT2D eigenvalue weighted by Gasteiger charge is -2.20. The molecule has 1 nitrogen and oxygen atoms in total. The molecule has 0 radical (unpaired) electrons. The lowest BCUT2D eigenvalue weighted by Crippen LogP contribution is -2.18. The van der Waals surface area contributed by atoms with E-state index in [0.717, 1.165) is 12.2 Å². The van der Waals surface area contributed by atoms with Gasteiger partial charge in [0, 0.05) is 6.42 Å². The first-order chi connectivity index (χ1) is 5.64. The Bertz CT molecular complexity index is 234. The smallest absolute Gasteiger partial charge is 0.217 e. The minimum Gasteiger partial charge on any atom is -0.466 e. The minimum atomic E-state index is -0.429. The van der Waals surface area contributed by atoms with Gasteiger partial charge in [-0.3, -0.25) is 0 Å². The van der Waals surface area contributed by atoms with Gasteiger partial charge in [0.25, 0.3) is 0 Å². The van der Waals surface area contributed by atoms with E-state index < -0.39 is 3.42 Å². The average molecular weight is 294 g/mol. The lowest BCUT2D eigenvalue weighted by molar-refractivity contribution is 0.266. The van der Waals surface area contributed by atoms with Crippen molar-refractivity contribution in [3.05, 3.63) is 30.3 Å². The normalized spacial score (nSPS) is 11.2. The van der Waals surface area contributed by atoms with E-state index >= 15 is 0 Å². The molecule has 12 heavy (non-hydrogen) atoms. The van der Waals surface area contributed by atoms with Crippen molar-refractivity contribution in [2.45, 2.75) is 16.8 Å². The summed E-state index contributed by atoms with van der Waals surface area (Å²) in [5, 5.41) is 0. The van der Waals surface area contributed by atoms with E-state index in [1.54, 1.807) is 0 Å². The number of ether oxygens (including phenoxy) is 1. The Morgan fingerprint density at radius 2 is 1.83 bits per heavy atom. The van der Waals surface area contributed by atoms with Gasteiger partial charge < -0.3 is 4.74 Å². The number of hydrogen-bond donors (Lipinski definition) is 0. The van der Waals surface area contributed by atoms with Crippen molar-refractivity contribution in [1.29, 1.82) is 0 Å². The maximum absolute atomic E-state index is 5.58. The van der Waals surface area contributed by atoms with Gasteiger partial charge in [0.2, 0.25) is 3.42 Å². The van der Waals surface area contributed by atoms with Gasteiger partial charge in [-0.05, 0) is 44.0 Å². The first-order valence-electron chi connectivity index (χ1n) is 3.76. The van der Waals surface area contributed by atoms with Gasteiger partial charge in [-0.15, -0.1) is 0 Å². The second-order valence-corrected chi connectivity index (χ2v) is 6.03. The summed E-state index contributed by atoms with van der Waals surface area (Å²) in [6, 6.07) is 9.70. The van der Waals surface area contributed by atoms with E-state index in [1.165, 1.54) is 0 Å². The molecule has 66 valence electrons. The third-order valence-electron chi connectivity index (χ3n) is 1.42. The number of para-hydroxylation sites is 1. The zero-order valence-electron chi connectivity index (χ0n) is 6.76. The summed E-state index contributed by atoms with van der Waals surface area (Å²) >= 11 is 6.82. The average Bonchev–Trinajstić information content (AvgIpc) is 2.06. The van der Waals surface area contributed by atoms with Crippen LogP contribution in [0.2, 0.25) is 0 Å². The molecule has 1 aromatic rings. The molecule has 0 fully saturated rings. The fraction of sp³-hybridized carbons (Fsp3) is 0.333. The van der Waals surface area contributed by atoms with Crippen LogP contribution in [0.1, 0.15) is 13.3 Å². The fourth-order valence-electron chi connectivity index (χ4n) is 0.733. The van der Waals surface area contributed by atoms with Crippen LogP contribution in [0.4, 0.5) is 0 Å². The van der Waals surface area contributed by atoms with Crippen molar-refractivity contribution in [3.63, 3.8) is 0 Å². The summed E-state index contributed by atoms with van der Waals surface area (Å²) in [7, 11) is 0. The Morgan fingerprint density at radius 3 is 2.33 bits per heavy atom. The van der Waals surface area contributed by atoms with Crippen LogP contribution in [0, 0.1) is 0 Å². The van der Waals surface area contributed by atoms with Gasteiger partial charge in [0.05, 0.1) is 0 Å². The van der Waals surface area contributed by atoms with Gasteiger partial charge in [-0.25, -0.2) is 0 Å². The standard InChI is InChI=1S/C9H10Br2O/c1-2-9(10,11)12-8-6-4-3-5-7-8/h3-7H,2H2,1H3. The second-order valence-electron chi connectivity index (χ2n) is 2.41. The van der Waals surface area contributed by atoms with Crippen molar-refractivity contribution < 1.29 is 4.74 Å². The van der Waals surface area contributed by atoms with E-state index in [2.05, 4.69) is 31.9 Å². The quantitative estimate of drug-likeness (QED) is 0.768. The molecular weight excluding hydrogens is 284 g/mol. The molecule has 0 saturated heterocycles. The predicted octanol–water partition coefficient (Wildman–Crippen LogP) is 3.92. The van der Waals surface area contributed by atoms with Crippen LogP contribution in [0.3, 0.4) is 0 Å². The molecule has 0 aromatic heterocycles. The van der Waals surface area contributed by atoms with E-state index in [9.17, 15) is 0 Å². The minimum absolute atomic E-state index is 0.429. The molecule has 0 aliphatic rings. The monoisotopic (exact) mass is 292 g/mol. The molecule has 0 saturated carbocycles. The van der Waals surface area contributed by atoms with Crippen molar-refractivity contribution in [2.75, 3.05) is 0 Å². The molecule has 0 atom stereocenters. The highest BCUT2D eigenvalue weighted by atomic mass is 79.9. The molecule has 0 heterocycles. The highest BCUT2D eigenvalue weighted by molar-refractivity contribution is 9.25. The largest absolute Gasteiger partial charge is 0.466 e. The van der Waals surface area contributed by atoms with Crippen LogP contribution >= 0.6 is 31.9 Å². The Hall–Kier alpha value is -0.0200. The third kappa shape index (κ3) is 3.15. The van der Waals surface area contributed by atoms with Crippen LogP contribution in [0.25, 0.3) is 0 Å². The Kier molecular flexibility index (Phi) is 3.59. The Labute approximate surface area is 89.4 Å². The number of hydrogen-bond acceptors (Lipinski definition) is 1. The summed E-state index contributed by atoms with van der Waals surface area (Å²) in [6.07, 6.45) is 0.849. The lowest BCUT2D eigenvalue weighted by atomic mass is 10.3. The van der Waals surface area contributed by atoms with Crippen LogP contribution < -0.4 is 4.74 Å². The topological polar surface area (TPSA) is 9.23 Å². The van der Waals surface area contributed by atoms with Crippen LogP contribution in [0.5, 0.6) is 5.75 Å². The Balaban J connectivity index is 2.64. The van der Waals surface area contributed by atoms with Crippen molar-refractivity contribution in [1.82, 2.24) is 0 Å². The predicted molar refractivity (Wildman–Crippen MR) is 57.9 cm³/mol. The summed E-state index contributed by atoms with van der Waals surface area (Å²) < 4.78 is 5.16. The van der Waals surface area contributed by atoms with E-state index in [1.807, 2.05) is 37.3 Å². The summed E-state index contributed by atoms with van der Waals surface area (Å²) in [5.41, 5.74) is 0. The number of benzene rings is 1. The van der Waals surface area contributed by atoms with Gasteiger partial charge in [0.1, 0.15) is 5.75 Å². The zero-order chi connectivity index (χ0) is 9.03. The maximum atomic E-state index is 5.58. The zero-order valence-corrected chi connectivity index (χ0v) is 9.93. The molecule has 0 N–H and O–H groups in total. The number of halogens is 2. The molecule has 1 aromatic carbocycles. The summed E-state index contributed by atoms with van der Waals surface area (Å²) in [5.74, 6) is 0.855. The van der Waals surface area contributed by atoms with Crippen molar-refractivity contribution >= 4 is 31.9 Å². The fourth-order valence-corrected chi connectivity index (χ4v) is 1.11. The van der Waals surface area contributed by atoms with Crippen LogP contribution in [-0.4, -0.2) is 3.42 Å². The highest BCUT2D eigenvalue weighted by Gasteiger charge is 2.21. The van der Waals surface area contributed by atoms with Crippen molar-refractivity contribution in [2.24, 2.45) is 0 Å². The first kappa shape index (κ1) is 10.1. The maximum Gasteiger partial charge on any atom is 0.217 e. The molecule has 0 spiro atoms. The second kappa shape index (κ2) is 4.28. The van der Waals surface area contributed by atoms with E-state index in [-0.39, 0.29) is 0 Å². The highest BCUT2D eigenvalue weighted by Crippen LogP contribution is 2.32. The van der Waals surface area contributed by atoms with Crippen LogP contribution in [0.15, 0.2) is 30.3 Å². The van der Waals surface area contributed by atoms with Crippen molar-refractivity contribution in [3.8, 4) is 5.75 Å². The molecule has 0 unspecified atom stereocenters. The number of rotatable bonds is 3.